The third-order valence-corrected chi connectivity index (χ3v) is 4.93. The van der Waals surface area contributed by atoms with Crippen molar-refractivity contribution in [2.24, 2.45) is 0 Å². The molecule has 190 valence electrons. The molecule has 0 saturated heterocycles. The van der Waals surface area contributed by atoms with Crippen LogP contribution in [0.5, 0.6) is 5.88 Å². The number of fused-ring (bicyclic) bond motifs is 1. The molecule has 1 heterocycles. The zero-order valence-corrected chi connectivity index (χ0v) is 18.5. The second-order valence-electron chi connectivity index (χ2n) is 7.15. The summed E-state index contributed by atoms with van der Waals surface area (Å²) in [5.41, 5.74) is -1.87. The molecule has 4 N–H and O–H groups in total. The summed E-state index contributed by atoms with van der Waals surface area (Å²) in [5.74, 6) is -9.02. The van der Waals surface area contributed by atoms with Crippen LogP contribution in [0, 0.1) is 31.9 Å². The highest BCUT2D eigenvalue weighted by atomic mass is 16.8. The van der Waals surface area contributed by atoms with E-state index in [2.05, 4.69) is 20.0 Å². The predicted molar refractivity (Wildman–Crippen MR) is 120 cm³/mol. The molecule has 1 atom stereocenters. The Morgan fingerprint density at radius 1 is 1.22 bits per heavy atom. The number of hydrogen-bond donors (Lipinski definition) is 4. The van der Waals surface area contributed by atoms with Crippen LogP contribution in [-0.2, 0) is 14.3 Å². The minimum absolute atomic E-state index is 0.0524. The Labute approximate surface area is 205 Å². The quantitative estimate of drug-likeness (QED) is 0.105. The van der Waals surface area contributed by atoms with E-state index in [1.807, 2.05) is 0 Å². The third-order valence-electron chi connectivity index (χ3n) is 4.93. The number of aromatic nitrogens is 2. The lowest BCUT2D eigenvalue weighted by atomic mass is 9.96. The predicted octanol–water partition coefficient (Wildman–Crippen LogP) is -0.207. The Kier molecular flexibility index (Phi) is 7.09. The van der Waals surface area contributed by atoms with Crippen LogP contribution in [0.4, 0.5) is 11.4 Å². The first-order chi connectivity index (χ1) is 17.5. The molecule has 1 aromatic carbocycles. The lowest BCUT2D eigenvalue weighted by molar-refractivity contribution is -0.384. The Balaban J connectivity index is 2.16. The standard InChI is InChI=1S/C21H15N6O10/c1-37-21(32)18(29)15(16-19(30)25-14-7-11(27(35)36)3-5-13(14)23-16)17(28)20(31)24-12-4-2-10(26(33)34)6-9(12)8-22/h2-7,15H,1H3,(H5-,23,24,25,28,29,30,31,32,35,36)/q-1/p-1. The summed E-state index contributed by atoms with van der Waals surface area (Å²) < 4.78 is 4.35. The zero-order valence-electron chi connectivity index (χ0n) is 18.5. The summed E-state index contributed by atoms with van der Waals surface area (Å²) in [4.78, 5) is 40.4. The van der Waals surface area contributed by atoms with Gasteiger partial charge in [0.2, 0.25) is 11.2 Å². The second kappa shape index (κ2) is 10.2. The highest BCUT2D eigenvalue weighted by molar-refractivity contribution is 6.36. The van der Waals surface area contributed by atoms with E-state index in [9.17, 15) is 50.7 Å². The maximum atomic E-state index is 13.1. The van der Waals surface area contributed by atoms with Gasteiger partial charge in [-0.1, -0.05) is 5.76 Å². The highest BCUT2D eigenvalue weighted by Gasteiger charge is 2.33. The van der Waals surface area contributed by atoms with Gasteiger partial charge in [0.15, 0.2) is 5.88 Å². The number of nitro groups is 1. The number of aromatic amines is 1. The number of non-ortho nitro benzene ring substituents is 1. The number of nitriles is 1. The van der Waals surface area contributed by atoms with Crippen molar-refractivity contribution in [2.45, 2.75) is 5.92 Å². The number of anilines is 1. The van der Waals surface area contributed by atoms with Gasteiger partial charge in [0.1, 0.15) is 11.8 Å². The number of nitrogens with one attached hydrogen (secondary N) is 2. The van der Waals surface area contributed by atoms with Crippen LogP contribution in [-0.4, -0.2) is 44.0 Å². The number of aliphatic hydroxyl groups excluding tert-OH is 1. The number of carbonyl (C=O) groups excluding carboxylic acids is 2. The number of Topliss-reactive ketones (excluding diaryl/α,β-unsaturated/α-hetero) is 1. The van der Waals surface area contributed by atoms with Gasteiger partial charge in [-0.2, -0.15) is 10.2 Å². The number of hydrogen-bond acceptors (Lipinski definition) is 13. The molecule has 3 rings (SSSR count). The fraction of sp³-hybridized carbons (Fsp3) is 0.0952. The number of nitro benzene ring substituents is 1. The lowest BCUT2D eigenvalue weighted by Crippen LogP contribution is -2.32. The fourth-order valence-corrected chi connectivity index (χ4v) is 3.17. The number of H-pyrrole nitrogens is 1. The Morgan fingerprint density at radius 2 is 1.92 bits per heavy atom. The van der Waals surface area contributed by atoms with E-state index >= 15 is 0 Å². The van der Waals surface area contributed by atoms with Crippen molar-refractivity contribution in [3.05, 3.63) is 85.2 Å². The summed E-state index contributed by atoms with van der Waals surface area (Å²) >= 11 is 0. The maximum Gasteiger partial charge on any atom is 0.375 e. The van der Waals surface area contributed by atoms with Gasteiger partial charge >= 0.3 is 5.97 Å². The fourth-order valence-electron chi connectivity index (χ4n) is 3.17. The molecule has 0 bridgehead atoms. The lowest BCUT2D eigenvalue weighted by Gasteiger charge is -2.25. The summed E-state index contributed by atoms with van der Waals surface area (Å²) in [6, 6.07) is 7.73. The molecule has 16 nitrogen and oxygen atoms in total. The van der Waals surface area contributed by atoms with E-state index in [1.54, 1.807) is 6.07 Å². The number of aromatic hydroxyl groups is 1. The molecule has 0 saturated carbocycles. The molecule has 2 aliphatic rings. The van der Waals surface area contributed by atoms with Crippen molar-refractivity contribution in [3.8, 4) is 23.3 Å². The third kappa shape index (κ3) is 5.14. The maximum absolute atomic E-state index is 13.1. The van der Waals surface area contributed by atoms with E-state index in [1.165, 1.54) is 0 Å². The van der Waals surface area contributed by atoms with Gasteiger partial charge in [-0.05, 0) is 12.1 Å². The molecule has 1 aromatic rings. The first-order valence-corrected chi connectivity index (χ1v) is 9.86. The van der Waals surface area contributed by atoms with Gasteiger partial charge < -0.3 is 40.8 Å². The van der Waals surface area contributed by atoms with Gasteiger partial charge in [0.05, 0.1) is 40.6 Å². The number of nitrogens with zero attached hydrogens (tertiary/aromatic N) is 4. The van der Waals surface area contributed by atoms with Crippen LogP contribution in [0.1, 0.15) is 17.2 Å². The van der Waals surface area contributed by atoms with Crippen LogP contribution < -0.4 is 20.7 Å². The monoisotopic (exact) mass is 510 g/mol. The molecule has 0 radical (unpaired) electrons. The molecule has 1 unspecified atom stereocenters. The molecule has 0 amide bonds. The van der Waals surface area contributed by atoms with Gasteiger partial charge in [0.25, 0.3) is 11.5 Å². The number of carbonyl (C=O) groups is 2. The van der Waals surface area contributed by atoms with Crippen molar-refractivity contribution in [3.63, 3.8) is 0 Å². The van der Waals surface area contributed by atoms with Crippen LogP contribution in [0.15, 0.2) is 48.0 Å². The number of ketones is 1. The molecule has 1 aliphatic heterocycles. The van der Waals surface area contributed by atoms with Gasteiger partial charge in [-0.15, -0.1) is 0 Å². The summed E-state index contributed by atoms with van der Waals surface area (Å²) in [6.45, 7) is 0. The normalized spacial score (nSPS) is 12.1. The molecule has 0 aromatic heterocycles. The van der Waals surface area contributed by atoms with Crippen LogP contribution >= 0.6 is 0 Å². The summed E-state index contributed by atoms with van der Waals surface area (Å²) in [5, 5.41) is 77.9. The SMILES string of the molecule is COC(=O)C(=O)C(C([O-])=C(O)Nc1ccc([N+](=O)[O-])cc1C#N)c1nc2ccc(=[N+]([O-])[O-])cc-2[nH]c1O. The number of methoxy groups -OCH3 is 1. The minimum atomic E-state index is -2.26. The second-order valence-corrected chi connectivity index (χ2v) is 7.15. The first kappa shape index (κ1) is 25.8. The number of rotatable bonds is 7. The number of aliphatic hydroxyl groups is 1. The molecule has 16 heteroatoms. The Hall–Kier alpha value is -5.85. The number of esters is 1. The average molecular weight is 510 g/mol. The number of benzene rings is 2. The van der Waals surface area contributed by atoms with Crippen molar-refractivity contribution in [1.29, 1.82) is 5.26 Å². The Morgan fingerprint density at radius 3 is 2.51 bits per heavy atom. The summed E-state index contributed by atoms with van der Waals surface area (Å²) in [7, 11) is 0.846. The van der Waals surface area contributed by atoms with Crippen molar-refractivity contribution in [2.75, 3.05) is 12.4 Å². The Bertz CT molecular complexity index is 1530. The molecule has 0 fully saturated rings. The van der Waals surface area contributed by atoms with Crippen LogP contribution in [0.3, 0.4) is 0 Å². The van der Waals surface area contributed by atoms with Gasteiger partial charge in [0, 0.05) is 24.3 Å². The summed E-state index contributed by atoms with van der Waals surface area (Å²) in [6.07, 6.45) is 0. The van der Waals surface area contributed by atoms with E-state index in [-0.39, 0.29) is 28.0 Å². The van der Waals surface area contributed by atoms with Gasteiger partial charge in [-0.25, -0.2) is 9.78 Å². The van der Waals surface area contributed by atoms with E-state index < -0.39 is 56.4 Å². The minimum Gasteiger partial charge on any atom is -0.871 e. The molecular weight excluding hydrogens is 496 g/mol. The molecule has 0 spiro atoms. The zero-order chi connectivity index (χ0) is 27.4. The van der Waals surface area contributed by atoms with Crippen molar-refractivity contribution >= 4 is 23.1 Å². The number of ether oxygens (including phenoxy) is 1. The molecule has 37 heavy (non-hydrogen) atoms. The number of allylic oxidation sites excluding steroid dienone is 1. The topological polar surface area (TPSA) is 264 Å². The largest absolute Gasteiger partial charge is 0.871 e. The first-order valence-electron chi connectivity index (χ1n) is 9.86. The van der Waals surface area contributed by atoms with Crippen molar-refractivity contribution < 1.29 is 34.6 Å². The van der Waals surface area contributed by atoms with E-state index in [4.69, 9.17) is 0 Å². The van der Waals surface area contributed by atoms with Crippen molar-refractivity contribution in [1.82, 2.24) is 14.9 Å². The van der Waals surface area contributed by atoms with Crippen LogP contribution in [0.2, 0.25) is 0 Å². The molecule has 1 aliphatic carbocycles. The van der Waals surface area contributed by atoms with E-state index in [0.717, 1.165) is 43.5 Å². The molecular formula is C21H14N6O10-2. The average Bonchev–Trinajstić information content (AvgIpc) is 2.87. The van der Waals surface area contributed by atoms with E-state index in [0.29, 0.717) is 0 Å². The smallest absolute Gasteiger partial charge is 0.375 e. The van der Waals surface area contributed by atoms with Crippen LogP contribution in [0.25, 0.3) is 11.4 Å². The highest BCUT2D eigenvalue weighted by Crippen LogP contribution is 2.32. The van der Waals surface area contributed by atoms with Gasteiger partial charge in [-0.3, -0.25) is 14.9 Å².